The van der Waals surface area contributed by atoms with Crippen LogP contribution in [0.3, 0.4) is 0 Å². The van der Waals surface area contributed by atoms with Crippen LogP contribution in [0.5, 0.6) is 0 Å². The van der Waals surface area contributed by atoms with E-state index in [2.05, 4.69) is 45.3 Å². The van der Waals surface area contributed by atoms with Crippen molar-refractivity contribution in [3.8, 4) is 0 Å². The first-order chi connectivity index (χ1) is 13.8. The molecule has 0 N–H and O–H groups in total. The number of fused-ring (bicyclic) bond motifs is 2. The second kappa shape index (κ2) is 8.38. The SMILES string of the molecule is CCCCCCCn1c(/N=C/c2nc3ccccc3n2C)nc2ccccc21. The highest BCUT2D eigenvalue weighted by molar-refractivity contribution is 5.86. The molecule has 144 valence electrons. The van der Waals surface area contributed by atoms with E-state index in [1.54, 1.807) is 0 Å². The summed E-state index contributed by atoms with van der Waals surface area (Å²) in [5.41, 5.74) is 4.23. The van der Waals surface area contributed by atoms with E-state index in [0.29, 0.717) is 0 Å². The summed E-state index contributed by atoms with van der Waals surface area (Å²) in [6, 6.07) is 16.4. The van der Waals surface area contributed by atoms with Crippen LogP contribution in [-0.2, 0) is 13.6 Å². The van der Waals surface area contributed by atoms with Gasteiger partial charge in [0.1, 0.15) is 0 Å². The fourth-order valence-corrected chi connectivity index (χ4v) is 3.65. The van der Waals surface area contributed by atoms with E-state index in [1.165, 1.54) is 25.7 Å². The van der Waals surface area contributed by atoms with Crippen molar-refractivity contribution < 1.29 is 0 Å². The summed E-state index contributed by atoms with van der Waals surface area (Å²) < 4.78 is 4.30. The van der Waals surface area contributed by atoms with E-state index in [9.17, 15) is 0 Å². The molecule has 0 aliphatic carbocycles. The van der Waals surface area contributed by atoms with E-state index in [-0.39, 0.29) is 0 Å². The number of unbranched alkanes of at least 4 members (excludes halogenated alkanes) is 4. The fourth-order valence-electron chi connectivity index (χ4n) is 3.65. The molecule has 2 aromatic carbocycles. The molecule has 0 spiro atoms. The summed E-state index contributed by atoms with van der Waals surface area (Å²) in [7, 11) is 2.02. The maximum absolute atomic E-state index is 4.75. The Morgan fingerprint density at radius 1 is 0.857 bits per heavy atom. The van der Waals surface area contributed by atoms with E-state index in [0.717, 1.165) is 46.8 Å². The van der Waals surface area contributed by atoms with Crippen molar-refractivity contribution in [3.05, 3.63) is 54.4 Å². The minimum Gasteiger partial charge on any atom is -0.326 e. The van der Waals surface area contributed by atoms with E-state index >= 15 is 0 Å². The zero-order valence-corrected chi connectivity index (χ0v) is 16.7. The lowest BCUT2D eigenvalue weighted by molar-refractivity contribution is 0.577. The Bertz CT molecular complexity index is 1100. The number of rotatable bonds is 8. The van der Waals surface area contributed by atoms with Gasteiger partial charge in [-0.2, -0.15) is 0 Å². The van der Waals surface area contributed by atoms with E-state index in [4.69, 9.17) is 9.98 Å². The summed E-state index contributed by atoms with van der Waals surface area (Å²) in [4.78, 5) is 14.2. The van der Waals surface area contributed by atoms with Crippen molar-refractivity contribution in [1.82, 2.24) is 19.1 Å². The molecule has 2 heterocycles. The molecule has 5 heteroatoms. The van der Waals surface area contributed by atoms with E-state index < -0.39 is 0 Å². The summed E-state index contributed by atoms with van der Waals surface area (Å²) >= 11 is 0. The molecule has 0 unspecified atom stereocenters. The Hall–Kier alpha value is -2.95. The van der Waals surface area contributed by atoms with Crippen molar-refractivity contribution in [2.45, 2.75) is 45.6 Å². The first-order valence-corrected chi connectivity index (χ1v) is 10.2. The fraction of sp³-hybridized carbons (Fsp3) is 0.348. The highest BCUT2D eigenvalue weighted by Gasteiger charge is 2.10. The molecule has 5 nitrogen and oxygen atoms in total. The van der Waals surface area contributed by atoms with Crippen LogP contribution >= 0.6 is 0 Å². The van der Waals surface area contributed by atoms with Gasteiger partial charge >= 0.3 is 0 Å². The zero-order valence-electron chi connectivity index (χ0n) is 16.7. The number of imidazole rings is 2. The van der Waals surface area contributed by atoms with Gasteiger partial charge in [-0.1, -0.05) is 56.9 Å². The van der Waals surface area contributed by atoms with Crippen molar-refractivity contribution in [3.63, 3.8) is 0 Å². The predicted molar refractivity (Wildman–Crippen MR) is 116 cm³/mol. The van der Waals surface area contributed by atoms with Crippen molar-refractivity contribution in [2.24, 2.45) is 12.0 Å². The van der Waals surface area contributed by atoms with Crippen molar-refractivity contribution in [2.75, 3.05) is 0 Å². The van der Waals surface area contributed by atoms with Gasteiger partial charge in [0.15, 0.2) is 5.82 Å². The Kier molecular flexibility index (Phi) is 5.51. The molecule has 0 saturated heterocycles. The number of aliphatic imine (C=N–C) groups is 1. The largest absolute Gasteiger partial charge is 0.326 e. The molecule has 0 saturated carbocycles. The molecule has 28 heavy (non-hydrogen) atoms. The molecule has 0 aliphatic heterocycles. The van der Waals surface area contributed by atoms with Gasteiger partial charge in [0.2, 0.25) is 5.95 Å². The number of hydrogen-bond donors (Lipinski definition) is 0. The van der Waals surface area contributed by atoms with Crippen LogP contribution in [0.1, 0.15) is 44.9 Å². The monoisotopic (exact) mass is 373 g/mol. The number of para-hydroxylation sites is 4. The van der Waals surface area contributed by atoms with Gasteiger partial charge in [0, 0.05) is 13.6 Å². The third kappa shape index (κ3) is 3.70. The lowest BCUT2D eigenvalue weighted by Crippen LogP contribution is -1.99. The lowest BCUT2D eigenvalue weighted by Gasteiger charge is -2.06. The van der Waals surface area contributed by atoms with Gasteiger partial charge in [-0.15, -0.1) is 0 Å². The molecular weight excluding hydrogens is 346 g/mol. The average Bonchev–Trinajstić information content (AvgIpc) is 3.24. The van der Waals surface area contributed by atoms with Crippen LogP contribution in [0, 0.1) is 0 Å². The number of benzene rings is 2. The van der Waals surface area contributed by atoms with Crippen LogP contribution < -0.4 is 0 Å². The molecule has 0 fully saturated rings. The minimum atomic E-state index is 0.753. The number of hydrogen-bond acceptors (Lipinski definition) is 3. The third-order valence-electron chi connectivity index (χ3n) is 5.24. The summed E-state index contributed by atoms with van der Waals surface area (Å²) in [5, 5.41) is 0. The smallest absolute Gasteiger partial charge is 0.230 e. The summed E-state index contributed by atoms with van der Waals surface area (Å²) in [5.74, 6) is 1.59. The zero-order chi connectivity index (χ0) is 19.3. The average molecular weight is 374 g/mol. The first-order valence-electron chi connectivity index (χ1n) is 10.2. The molecule has 0 radical (unpaired) electrons. The van der Waals surface area contributed by atoms with Gasteiger partial charge in [-0.25, -0.2) is 15.0 Å². The van der Waals surface area contributed by atoms with Crippen LogP contribution in [0.15, 0.2) is 53.5 Å². The Morgan fingerprint density at radius 3 is 2.29 bits per heavy atom. The van der Waals surface area contributed by atoms with Crippen molar-refractivity contribution >= 4 is 34.2 Å². The number of aromatic nitrogens is 4. The first kappa shape index (κ1) is 18.4. The maximum atomic E-state index is 4.75. The van der Waals surface area contributed by atoms with E-state index in [1.807, 2.05) is 37.5 Å². The van der Waals surface area contributed by atoms with Crippen LogP contribution in [0.25, 0.3) is 22.1 Å². The van der Waals surface area contributed by atoms with Gasteiger partial charge in [-0.3, -0.25) is 0 Å². The highest BCUT2D eigenvalue weighted by atomic mass is 15.2. The second-order valence-electron chi connectivity index (χ2n) is 7.24. The minimum absolute atomic E-state index is 0.753. The Balaban J connectivity index is 1.62. The second-order valence-corrected chi connectivity index (χ2v) is 7.24. The van der Waals surface area contributed by atoms with Gasteiger partial charge in [0.25, 0.3) is 0 Å². The number of nitrogens with zero attached hydrogens (tertiary/aromatic N) is 5. The van der Waals surface area contributed by atoms with Crippen LogP contribution in [0.2, 0.25) is 0 Å². The standard InChI is InChI=1S/C23H27N5/c1-3-4-5-6-11-16-28-21-15-10-8-13-19(21)26-23(28)24-17-22-25-18-12-7-9-14-20(18)27(22)2/h7-10,12-15,17H,3-6,11,16H2,1-2H3/b24-17+. The molecule has 2 aromatic heterocycles. The molecule has 0 amide bonds. The van der Waals surface area contributed by atoms with Crippen LogP contribution in [0.4, 0.5) is 5.95 Å². The molecule has 0 bridgehead atoms. The molecule has 0 aliphatic rings. The predicted octanol–water partition coefficient (Wildman–Crippen LogP) is 5.64. The summed E-state index contributed by atoms with van der Waals surface area (Å²) in [6.07, 6.45) is 8.09. The number of aryl methyl sites for hydroxylation is 2. The molecule has 4 aromatic rings. The maximum Gasteiger partial charge on any atom is 0.230 e. The highest BCUT2D eigenvalue weighted by Crippen LogP contribution is 2.23. The summed E-state index contributed by atoms with van der Waals surface area (Å²) in [6.45, 7) is 3.19. The molecular formula is C23H27N5. The molecule has 0 atom stereocenters. The molecule has 4 rings (SSSR count). The lowest BCUT2D eigenvalue weighted by atomic mass is 10.1. The Labute approximate surface area is 165 Å². The van der Waals surface area contributed by atoms with Gasteiger partial charge in [0.05, 0.1) is 28.3 Å². The van der Waals surface area contributed by atoms with Crippen molar-refractivity contribution in [1.29, 1.82) is 0 Å². The van der Waals surface area contributed by atoms with Gasteiger partial charge < -0.3 is 9.13 Å². The normalized spacial score (nSPS) is 11.9. The third-order valence-corrected chi connectivity index (χ3v) is 5.24. The topological polar surface area (TPSA) is 48.0 Å². The van der Waals surface area contributed by atoms with Gasteiger partial charge in [-0.05, 0) is 30.7 Å². The Morgan fingerprint density at radius 2 is 1.54 bits per heavy atom. The quantitative estimate of drug-likeness (QED) is 0.296. The van der Waals surface area contributed by atoms with Crippen LogP contribution in [-0.4, -0.2) is 25.3 Å².